The van der Waals surface area contributed by atoms with Gasteiger partial charge in [0.2, 0.25) is 0 Å². The number of nitrogens with zero attached hydrogens (tertiary/aromatic N) is 2. The highest BCUT2D eigenvalue weighted by atomic mass is 35.5. The molecule has 1 fully saturated rings. The summed E-state index contributed by atoms with van der Waals surface area (Å²) in [6.07, 6.45) is 4.23. The Bertz CT molecular complexity index is 1640. The molecule has 5 rings (SSSR count). The van der Waals surface area contributed by atoms with Gasteiger partial charge in [0.25, 0.3) is 0 Å². The number of piperidine rings is 1. The summed E-state index contributed by atoms with van der Waals surface area (Å²) in [6.45, 7) is 2.93. The number of rotatable bonds is 10. The van der Waals surface area contributed by atoms with E-state index in [1.807, 2.05) is 12.1 Å². The summed E-state index contributed by atoms with van der Waals surface area (Å²) in [5, 5.41) is 6.16. The number of anilines is 1. The number of ether oxygens (including phenoxy) is 3. The van der Waals surface area contributed by atoms with Crippen molar-refractivity contribution in [1.29, 1.82) is 0 Å². The summed E-state index contributed by atoms with van der Waals surface area (Å²) in [5.74, 6) is -0.591. The Morgan fingerprint density at radius 2 is 1.82 bits per heavy atom. The maximum atomic E-state index is 15.1. The SMILES string of the molecule is COc1cc2c(Oc3ccc(NC(=O)C(=O)NCCc4cccc(Cl)c4)cc3F)ccnc2cc1OCC1CCN(C)CC1. The second-order valence-electron chi connectivity index (χ2n) is 10.7. The standard InChI is InChI=1S/C33H34ClFN4O5/c1-39-14-10-22(11-15-39)20-43-31-19-27-25(18-30(31)42-2)28(9-13-36-27)44-29-7-6-24(17-26(29)35)38-33(41)32(40)37-12-8-21-4-3-5-23(34)16-21/h3-7,9,13,16-19,22H,8,10-12,14-15,20H2,1-2H3,(H,37,40)(H,38,41). The first-order valence-electron chi connectivity index (χ1n) is 14.4. The molecule has 1 aliphatic rings. The summed E-state index contributed by atoms with van der Waals surface area (Å²) in [5.41, 5.74) is 1.64. The zero-order valence-corrected chi connectivity index (χ0v) is 25.3. The first-order valence-corrected chi connectivity index (χ1v) is 14.8. The van der Waals surface area contributed by atoms with Crippen LogP contribution in [0.1, 0.15) is 18.4 Å². The number of likely N-dealkylation sites (tertiary alicyclic amines) is 1. The number of carbonyl (C=O) groups is 2. The summed E-state index contributed by atoms with van der Waals surface area (Å²) < 4.78 is 32.7. The average Bonchev–Trinajstić information content (AvgIpc) is 3.01. The van der Waals surface area contributed by atoms with Crippen LogP contribution in [0.15, 0.2) is 66.9 Å². The van der Waals surface area contributed by atoms with Crippen molar-refractivity contribution < 1.29 is 28.2 Å². The van der Waals surface area contributed by atoms with E-state index in [4.69, 9.17) is 25.8 Å². The molecular formula is C33H34ClFN4O5. The van der Waals surface area contributed by atoms with Crippen LogP contribution in [0.25, 0.3) is 10.9 Å². The number of pyridine rings is 1. The molecule has 2 heterocycles. The number of amides is 2. The van der Waals surface area contributed by atoms with Gasteiger partial charge in [0, 0.05) is 41.0 Å². The molecule has 1 aromatic heterocycles. The van der Waals surface area contributed by atoms with Gasteiger partial charge in [-0.2, -0.15) is 0 Å². The lowest BCUT2D eigenvalue weighted by Gasteiger charge is -2.28. The second-order valence-corrected chi connectivity index (χ2v) is 11.2. The molecule has 9 nitrogen and oxygen atoms in total. The molecule has 44 heavy (non-hydrogen) atoms. The second kappa shape index (κ2) is 14.4. The molecule has 0 bridgehead atoms. The van der Waals surface area contributed by atoms with Crippen molar-refractivity contribution in [3.05, 3.63) is 83.3 Å². The van der Waals surface area contributed by atoms with Gasteiger partial charge in [-0.15, -0.1) is 0 Å². The molecule has 1 aliphatic heterocycles. The number of hydrogen-bond acceptors (Lipinski definition) is 7. The molecule has 230 valence electrons. The van der Waals surface area contributed by atoms with Crippen molar-refractivity contribution in [3.8, 4) is 23.0 Å². The first-order chi connectivity index (χ1) is 21.3. The Labute approximate surface area is 260 Å². The normalized spacial score (nSPS) is 13.8. The fourth-order valence-corrected chi connectivity index (χ4v) is 5.20. The third kappa shape index (κ3) is 7.94. The highest BCUT2D eigenvalue weighted by Crippen LogP contribution is 2.38. The Morgan fingerprint density at radius 3 is 2.57 bits per heavy atom. The number of nitrogens with one attached hydrogen (secondary N) is 2. The van der Waals surface area contributed by atoms with Crippen LogP contribution in [-0.4, -0.2) is 62.1 Å². The zero-order chi connectivity index (χ0) is 31.1. The molecule has 2 N–H and O–H groups in total. The van der Waals surface area contributed by atoms with Gasteiger partial charge in [-0.1, -0.05) is 23.7 Å². The molecule has 3 aromatic carbocycles. The average molecular weight is 621 g/mol. The third-order valence-electron chi connectivity index (χ3n) is 7.50. The van der Waals surface area contributed by atoms with Crippen LogP contribution in [0, 0.1) is 11.7 Å². The van der Waals surface area contributed by atoms with E-state index in [1.165, 1.54) is 12.1 Å². The number of methoxy groups -OCH3 is 1. The van der Waals surface area contributed by atoms with Crippen molar-refractivity contribution in [2.45, 2.75) is 19.3 Å². The molecule has 0 radical (unpaired) electrons. The van der Waals surface area contributed by atoms with Crippen LogP contribution in [-0.2, 0) is 16.0 Å². The fourth-order valence-electron chi connectivity index (χ4n) is 4.99. The summed E-state index contributed by atoms with van der Waals surface area (Å²) in [7, 11) is 3.69. The van der Waals surface area contributed by atoms with Gasteiger partial charge in [-0.25, -0.2) is 4.39 Å². The monoisotopic (exact) mass is 620 g/mol. The number of aromatic nitrogens is 1. The molecule has 0 saturated carbocycles. The van der Waals surface area contributed by atoms with E-state index < -0.39 is 17.6 Å². The number of carbonyl (C=O) groups excluding carboxylic acids is 2. The summed E-state index contributed by atoms with van der Waals surface area (Å²) in [4.78, 5) is 31.3. The van der Waals surface area contributed by atoms with Crippen molar-refractivity contribution in [2.24, 2.45) is 5.92 Å². The zero-order valence-electron chi connectivity index (χ0n) is 24.6. The molecular weight excluding hydrogens is 587 g/mol. The molecule has 0 atom stereocenters. The van der Waals surface area contributed by atoms with Crippen molar-refractivity contribution in [3.63, 3.8) is 0 Å². The van der Waals surface area contributed by atoms with Crippen molar-refractivity contribution in [2.75, 3.05) is 45.7 Å². The Kier molecular flexibility index (Phi) is 10.1. The van der Waals surface area contributed by atoms with Crippen LogP contribution in [0.5, 0.6) is 23.0 Å². The highest BCUT2D eigenvalue weighted by Gasteiger charge is 2.20. The van der Waals surface area contributed by atoms with Gasteiger partial charge in [-0.3, -0.25) is 14.6 Å². The Hall–Kier alpha value is -4.41. The van der Waals surface area contributed by atoms with Crippen molar-refractivity contribution in [1.82, 2.24) is 15.2 Å². The van der Waals surface area contributed by atoms with E-state index in [0.717, 1.165) is 37.6 Å². The third-order valence-corrected chi connectivity index (χ3v) is 7.74. The Morgan fingerprint density at radius 1 is 1.00 bits per heavy atom. The molecule has 0 spiro atoms. The minimum absolute atomic E-state index is 0.0666. The van der Waals surface area contributed by atoms with E-state index in [9.17, 15) is 9.59 Å². The van der Waals surface area contributed by atoms with Crippen LogP contribution >= 0.6 is 11.6 Å². The fraction of sp³-hybridized carbons (Fsp3) is 0.303. The lowest BCUT2D eigenvalue weighted by atomic mass is 9.98. The lowest BCUT2D eigenvalue weighted by Crippen LogP contribution is -2.36. The minimum Gasteiger partial charge on any atom is -0.493 e. The number of hydrogen-bond donors (Lipinski definition) is 2. The van der Waals surface area contributed by atoms with Crippen molar-refractivity contribution >= 4 is 40.0 Å². The predicted molar refractivity (Wildman–Crippen MR) is 167 cm³/mol. The minimum atomic E-state index is -0.912. The van der Waals surface area contributed by atoms with Gasteiger partial charge >= 0.3 is 11.8 Å². The number of halogens is 2. The summed E-state index contributed by atoms with van der Waals surface area (Å²) >= 11 is 5.97. The number of benzene rings is 3. The van der Waals surface area contributed by atoms with Crippen LogP contribution in [0.2, 0.25) is 5.02 Å². The predicted octanol–water partition coefficient (Wildman–Crippen LogP) is 5.85. The molecule has 2 amide bonds. The van der Waals surface area contributed by atoms with Crippen LogP contribution in [0.4, 0.5) is 10.1 Å². The topological polar surface area (TPSA) is 102 Å². The van der Waals surface area contributed by atoms with E-state index in [-0.39, 0.29) is 18.0 Å². The van der Waals surface area contributed by atoms with Crippen LogP contribution in [0.3, 0.4) is 0 Å². The highest BCUT2D eigenvalue weighted by molar-refractivity contribution is 6.39. The van der Waals surface area contributed by atoms with Gasteiger partial charge in [-0.05, 0) is 87.3 Å². The number of fused-ring (bicyclic) bond motifs is 1. The quantitative estimate of drug-likeness (QED) is 0.215. The van der Waals surface area contributed by atoms with Gasteiger partial charge in [0.15, 0.2) is 23.1 Å². The molecule has 11 heteroatoms. The molecule has 0 unspecified atom stereocenters. The molecule has 1 saturated heterocycles. The smallest absolute Gasteiger partial charge is 0.313 e. The van der Waals surface area contributed by atoms with Gasteiger partial charge < -0.3 is 29.7 Å². The maximum absolute atomic E-state index is 15.1. The summed E-state index contributed by atoms with van der Waals surface area (Å²) in [6, 6.07) is 16.3. The van der Waals surface area contributed by atoms with E-state index in [1.54, 1.807) is 43.6 Å². The van der Waals surface area contributed by atoms with Gasteiger partial charge in [0.05, 0.1) is 19.2 Å². The lowest BCUT2D eigenvalue weighted by molar-refractivity contribution is -0.136. The first kappa shape index (κ1) is 31.0. The van der Waals surface area contributed by atoms with E-state index in [0.29, 0.717) is 52.1 Å². The molecule has 0 aliphatic carbocycles. The molecule has 4 aromatic rings. The van der Waals surface area contributed by atoms with E-state index >= 15 is 4.39 Å². The van der Waals surface area contributed by atoms with Gasteiger partial charge in [0.1, 0.15) is 5.75 Å². The van der Waals surface area contributed by atoms with E-state index in [2.05, 4.69) is 27.6 Å². The largest absolute Gasteiger partial charge is 0.493 e. The Balaban J connectivity index is 1.21. The van der Waals surface area contributed by atoms with Crippen LogP contribution < -0.4 is 24.8 Å². The maximum Gasteiger partial charge on any atom is 0.313 e.